The van der Waals surface area contributed by atoms with Gasteiger partial charge in [-0.3, -0.25) is 0 Å². The van der Waals surface area contributed by atoms with E-state index in [-0.39, 0.29) is 0 Å². The summed E-state index contributed by atoms with van der Waals surface area (Å²) in [5.74, 6) is 0.804. The Balaban J connectivity index is 2.08. The van der Waals surface area contributed by atoms with Crippen LogP contribution in [-0.4, -0.2) is 6.54 Å². The van der Waals surface area contributed by atoms with Gasteiger partial charge in [0.25, 0.3) is 0 Å². The van der Waals surface area contributed by atoms with Crippen molar-refractivity contribution < 1.29 is 0 Å². The normalized spacial score (nSPS) is 25.1. The van der Waals surface area contributed by atoms with Gasteiger partial charge < -0.3 is 5.32 Å². The predicted octanol–water partition coefficient (Wildman–Crippen LogP) is 3.59. The van der Waals surface area contributed by atoms with Crippen molar-refractivity contribution in [3.05, 3.63) is 33.3 Å². The van der Waals surface area contributed by atoms with E-state index in [0.29, 0.717) is 6.04 Å². The highest BCUT2D eigenvalue weighted by molar-refractivity contribution is 6.35. The summed E-state index contributed by atoms with van der Waals surface area (Å²) >= 11 is 12.3. The SMILES string of the molecule is Clc1cc(Cl)c2c(c1)C(C1CC1)NCC2. The summed E-state index contributed by atoms with van der Waals surface area (Å²) in [6, 6.07) is 4.43. The molecule has 1 fully saturated rings. The molecule has 3 rings (SSSR count). The zero-order valence-electron chi connectivity index (χ0n) is 8.39. The van der Waals surface area contributed by atoms with Gasteiger partial charge in [0.15, 0.2) is 0 Å². The average Bonchev–Trinajstić information content (AvgIpc) is 3.00. The van der Waals surface area contributed by atoms with Gasteiger partial charge in [-0.2, -0.15) is 0 Å². The number of hydrogen-bond donors (Lipinski definition) is 1. The second-order valence-corrected chi connectivity index (χ2v) is 5.32. The van der Waals surface area contributed by atoms with Crippen LogP contribution < -0.4 is 5.32 Å². The lowest BCUT2D eigenvalue weighted by molar-refractivity contribution is 0.458. The predicted molar refractivity (Wildman–Crippen MR) is 63.6 cm³/mol. The number of fused-ring (bicyclic) bond motifs is 1. The van der Waals surface area contributed by atoms with Gasteiger partial charge in [0, 0.05) is 16.1 Å². The van der Waals surface area contributed by atoms with Crippen molar-refractivity contribution >= 4 is 23.2 Å². The molecule has 1 unspecified atom stereocenters. The molecule has 1 nitrogen and oxygen atoms in total. The number of halogens is 2. The molecule has 0 saturated heterocycles. The van der Waals surface area contributed by atoms with Crippen molar-refractivity contribution in [1.82, 2.24) is 5.32 Å². The number of hydrogen-bond acceptors (Lipinski definition) is 1. The summed E-state index contributed by atoms with van der Waals surface area (Å²) in [5, 5.41) is 5.17. The second-order valence-electron chi connectivity index (χ2n) is 4.47. The molecule has 0 radical (unpaired) electrons. The van der Waals surface area contributed by atoms with Crippen molar-refractivity contribution in [1.29, 1.82) is 0 Å². The highest BCUT2D eigenvalue weighted by Gasteiger charge is 2.35. The zero-order valence-corrected chi connectivity index (χ0v) is 9.91. The summed E-state index contributed by atoms with van der Waals surface area (Å²) in [7, 11) is 0. The topological polar surface area (TPSA) is 12.0 Å². The summed E-state index contributed by atoms with van der Waals surface area (Å²) in [6.45, 7) is 1.04. The third kappa shape index (κ3) is 1.77. The van der Waals surface area contributed by atoms with Crippen LogP contribution in [-0.2, 0) is 6.42 Å². The first-order chi connectivity index (χ1) is 7.25. The Bertz CT molecular complexity index is 399. The Labute approximate surface area is 99.8 Å². The first-order valence-corrected chi connectivity index (χ1v) is 6.22. The molecule has 0 aromatic heterocycles. The van der Waals surface area contributed by atoms with E-state index in [4.69, 9.17) is 23.2 Å². The second kappa shape index (κ2) is 3.65. The molecule has 0 spiro atoms. The van der Waals surface area contributed by atoms with Crippen LogP contribution in [0.15, 0.2) is 12.1 Å². The van der Waals surface area contributed by atoms with Gasteiger partial charge in [-0.1, -0.05) is 23.2 Å². The maximum atomic E-state index is 6.23. The minimum Gasteiger partial charge on any atom is -0.309 e. The lowest BCUT2D eigenvalue weighted by Crippen LogP contribution is -2.31. The summed E-state index contributed by atoms with van der Waals surface area (Å²) in [6.07, 6.45) is 3.69. The van der Waals surface area contributed by atoms with Crippen molar-refractivity contribution in [2.45, 2.75) is 25.3 Å². The number of benzene rings is 1. The van der Waals surface area contributed by atoms with E-state index in [2.05, 4.69) is 11.4 Å². The minimum atomic E-state index is 0.491. The van der Waals surface area contributed by atoms with E-state index in [1.54, 1.807) is 0 Å². The van der Waals surface area contributed by atoms with Crippen molar-refractivity contribution in [2.24, 2.45) is 5.92 Å². The Morgan fingerprint density at radius 2 is 2.00 bits per heavy atom. The van der Waals surface area contributed by atoms with Gasteiger partial charge in [0.1, 0.15) is 0 Å². The zero-order chi connectivity index (χ0) is 10.4. The highest BCUT2D eigenvalue weighted by Crippen LogP contribution is 2.45. The molecule has 0 amide bonds. The molecule has 1 aliphatic carbocycles. The first-order valence-electron chi connectivity index (χ1n) is 5.47. The van der Waals surface area contributed by atoms with E-state index in [9.17, 15) is 0 Å². The fourth-order valence-electron chi connectivity index (χ4n) is 2.48. The van der Waals surface area contributed by atoms with Gasteiger partial charge in [-0.15, -0.1) is 0 Å². The molecule has 1 atom stereocenters. The van der Waals surface area contributed by atoms with Crippen LogP contribution >= 0.6 is 23.2 Å². The molecule has 1 N–H and O–H groups in total. The van der Waals surface area contributed by atoms with Gasteiger partial charge in [-0.25, -0.2) is 0 Å². The molecule has 1 aromatic carbocycles. The highest BCUT2D eigenvalue weighted by atomic mass is 35.5. The Hall–Kier alpha value is -0.240. The standard InChI is InChI=1S/C12H13Cl2N/c13-8-5-10-9(11(14)6-8)3-4-15-12(10)7-1-2-7/h5-7,12,15H,1-4H2. The molecule has 1 aromatic rings. The Morgan fingerprint density at radius 3 is 2.73 bits per heavy atom. The monoisotopic (exact) mass is 241 g/mol. The smallest absolute Gasteiger partial charge is 0.0456 e. The van der Waals surface area contributed by atoms with E-state index in [1.165, 1.54) is 24.0 Å². The van der Waals surface area contributed by atoms with Gasteiger partial charge in [-0.05, 0) is 55.0 Å². The van der Waals surface area contributed by atoms with E-state index < -0.39 is 0 Å². The minimum absolute atomic E-state index is 0.491. The van der Waals surface area contributed by atoms with Gasteiger partial charge in [0.05, 0.1) is 0 Å². The molecule has 3 heteroatoms. The van der Waals surface area contributed by atoms with Crippen LogP contribution in [0.2, 0.25) is 10.0 Å². The van der Waals surface area contributed by atoms with E-state index >= 15 is 0 Å². The molecule has 15 heavy (non-hydrogen) atoms. The van der Waals surface area contributed by atoms with Crippen LogP contribution in [0.25, 0.3) is 0 Å². The molecular weight excluding hydrogens is 229 g/mol. The molecule has 2 aliphatic rings. The Morgan fingerprint density at radius 1 is 1.20 bits per heavy atom. The lowest BCUT2D eigenvalue weighted by Gasteiger charge is -2.28. The quantitative estimate of drug-likeness (QED) is 0.793. The first kappa shape index (κ1) is 9.95. The molecule has 1 heterocycles. The van der Waals surface area contributed by atoms with Gasteiger partial charge in [0.2, 0.25) is 0 Å². The van der Waals surface area contributed by atoms with Crippen LogP contribution in [0.3, 0.4) is 0 Å². The molecule has 1 saturated carbocycles. The summed E-state index contributed by atoms with van der Waals surface area (Å²) < 4.78 is 0. The van der Waals surface area contributed by atoms with Gasteiger partial charge >= 0.3 is 0 Å². The van der Waals surface area contributed by atoms with E-state index in [1.807, 2.05) is 6.07 Å². The van der Waals surface area contributed by atoms with Crippen LogP contribution in [0.1, 0.15) is 30.0 Å². The molecule has 80 valence electrons. The third-order valence-electron chi connectivity index (χ3n) is 3.36. The fraction of sp³-hybridized carbons (Fsp3) is 0.500. The van der Waals surface area contributed by atoms with Crippen molar-refractivity contribution in [3.63, 3.8) is 0 Å². The average molecular weight is 242 g/mol. The van der Waals surface area contributed by atoms with Crippen molar-refractivity contribution in [2.75, 3.05) is 6.54 Å². The number of nitrogens with one attached hydrogen (secondary N) is 1. The molecule has 1 aliphatic heterocycles. The van der Waals surface area contributed by atoms with Crippen molar-refractivity contribution in [3.8, 4) is 0 Å². The van der Waals surface area contributed by atoms with Crippen LogP contribution in [0.4, 0.5) is 0 Å². The largest absolute Gasteiger partial charge is 0.309 e. The molecular formula is C12H13Cl2N. The van der Waals surface area contributed by atoms with Crippen LogP contribution in [0.5, 0.6) is 0 Å². The van der Waals surface area contributed by atoms with E-state index in [0.717, 1.165) is 28.9 Å². The lowest BCUT2D eigenvalue weighted by atomic mass is 9.91. The summed E-state index contributed by atoms with van der Waals surface area (Å²) in [4.78, 5) is 0. The maximum absolute atomic E-state index is 6.23. The number of rotatable bonds is 1. The fourth-order valence-corrected chi connectivity index (χ4v) is 3.08. The Kier molecular flexibility index (Phi) is 2.42. The molecule has 0 bridgehead atoms. The summed E-state index contributed by atoms with van der Waals surface area (Å²) in [5.41, 5.74) is 2.64. The maximum Gasteiger partial charge on any atom is 0.0456 e. The third-order valence-corrected chi connectivity index (χ3v) is 3.92. The van der Waals surface area contributed by atoms with Crippen LogP contribution in [0, 0.1) is 5.92 Å².